The van der Waals surface area contributed by atoms with Crippen molar-refractivity contribution >= 4 is 5.91 Å². The Morgan fingerprint density at radius 2 is 2.05 bits per heavy atom. The van der Waals surface area contributed by atoms with Crippen molar-refractivity contribution in [2.75, 3.05) is 13.4 Å². The van der Waals surface area contributed by atoms with Crippen molar-refractivity contribution in [3.63, 3.8) is 0 Å². The Morgan fingerprint density at radius 1 is 1.19 bits per heavy atom. The summed E-state index contributed by atoms with van der Waals surface area (Å²) >= 11 is 0. The maximum atomic E-state index is 12.6. The molecule has 1 saturated heterocycles. The zero-order valence-electron chi connectivity index (χ0n) is 11.9. The Bertz CT molecular complexity index is 549. The SMILES string of the molecule is O=C([C@H]1CCCO1)N(Cc1ccc2c(c1)OCO2)C1CC1. The summed E-state index contributed by atoms with van der Waals surface area (Å²) in [7, 11) is 0. The maximum absolute atomic E-state index is 12.6. The van der Waals surface area contributed by atoms with Crippen LogP contribution in [0.5, 0.6) is 11.5 Å². The van der Waals surface area contributed by atoms with E-state index in [1.807, 2.05) is 23.1 Å². The minimum atomic E-state index is -0.236. The second kappa shape index (κ2) is 5.22. The van der Waals surface area contributed by atoms with Gasteiger partial charge in [0.1, 0.15) is 6.10 Å². The topological polar surface area (TPSA) is 48.0 Å². The molecule has 1 saturated carbocycles. The van der Waals surface area contributed by atoms with Crippen LogP contribution in [0, 0.1) is 0 Å². The van der Waals surface area contributed by atoms with Gasteiger partial charge in [-0.25, -0.2) is 0 Å². The summed E-state index contributed by atoms with van der Waals surface area (Å²) in [5, 5.41) is 0. The highest BCUT2D eigenvalue weighted by Crippen LogP contribution is 2.35. The van der Waals surface area contributed by atoms with Crippen LogP contribution in [0.15, 0.2) is 18.2 Å². The quantitative estimate of drug-likeness (QED) is 0.851. The Hall–Kier alpha value is -1.75. The van der Waals surface area contributed by atoms with Crippen molar-refractivity contribution in [2.24, 2.45) is 0 Å². The zero-order chi connectivity index (χ0) is 14.2. The molecule has 0 unspecified atom stereocenters. The van der Waals surface area contributed by atoms with E-state index >= 15 is 0 Å². The number of hydrogen-bond acceptors (Lipinski definition) is 4. The minimum Gasteiger partial charge on any atom is -0.454 e. The second-order valence-electron chi connectivity index (χ2n) is 5.89. The van der Waals surface area contributed by atoms with Crippen LogP contribution in [0.1, 0.15) is 31.2 Å². The fraction of sp³-hybridized carbons (Fsp3) is 0.562. The molecule has 0 bridgehead atoms. The molecule has 4 rings (SSSR count). The first kappa shape index (κ1) is 13.0. The molecular weight excluding hydrogens is 270 g/mol. The molecule has 1 amide bonds. The highest BCUT2D eigenvalue weighted by atomic mass is 16.7. The Labute approximate surface area is 123 Å². The third-order valence-electron chi connectivity index (χ3n) is 4.27. The second-order valence-corrected chi connectivity index (χ2v) is 5.89. The summed E-state index contributed by atoms with van der Waals surface area (Å²) in [5.74, 6) is 1.70. The van der Waals surface area contributed by atoms with E-state index in [9.17, 15) is 4.79 Å². The summed E-state index contributed by atoms with van der Waals surface area (Å²) in [6, 6.07) is 6.28. The molecule has 0 spiro atoms. The van der Waals surface area contributed by atoms with Crippen LogP contribution < -0.4 is 9.47 Å². The highest BCUT2D eigenvalue weighted by Gasteiger charge is 2.37. The molecule has 0 aromatic heterocycles. The standard InChI is InChI=1S/C16H19NO4/c18-16(14-2-1-7-19-14)17(12-4-5-12)9-11-3-6-13-15(8-11)21-10-20-13/h3,6,8,12,14H,1-2,4-5,7,9-10H2/t14-/m1/s1. The summed E-state index contributed by atoms with van der Waals surface area (Å²) in [6.45, 7) is 1.61. The summed E-state index contributed by atoms with van der Waals surface area (Å²) in [6.07, 6.45) is 3.80. The molecule has 3 aliphatic rings. The number of benzene rings is 1. The molecule has 5 nitrogen and oxygen atoms in total. The lowest BCUT2D eigenvalue weighted by atomic mass is 10.1. The third kappa shape index (κ3) is 2.58. The molecule has 1 atom stereocenters. The van der Waals surface area contributed by atoms with Crippen molar-refractivity contribution in [3.8, 4) is 11.5 Å². The fourth-order valence-electron chi connectivity index (χ4n) is 2.97. The third-order valence-corrected chi connectivity index (χ3v) is 4.27. The van der Waals surface area contributed by atoms with Crippen LogP contribution in [0.3, 0.4) is 0 Å². The summed E-state index contributed by atoms with van der Waals surface area (Å²) in [5.41, 5.74) is 1.08. The first-order valence-electron chi connectivity index (χ1n) is 7.62. The van der Waals surface area contributed by atoms with Crippen molar-refractivity contribution < 1.29 is 19.0 Å². The number of nitrogens with zero attached hydrogens (tertiary/aromatic N) is 1. The predicted molar refractivity (Wildman–Crippen MR) is 75.1 cm³/mol. The van der Waals surface area contributed by atoms with Crippen LogP contribution in [0.25, 0.3) is 0 Å². The van der Waals surface area contributed by atoms with Gasteiger partial charge < -0.3 is 19.1 Å². The lowest BCUT2D eigenvalue weighted by Gasteiger charge is -2.25. The first-order chi connectivity index (χ1) is 10.3. The number of carbonyl (C=O) groups excluding carboxylic acids is 1. The van der Waals surface area contributed by atoms with Gasteiger partial charge in [0.15, 0.2) is 11.5 Å². The zero-order valence-corrected chi connectivity index (χ0v) is 11.9. The highest BCUT2D eigenvalue weighted by molar-refractivity contribution is 5.81. The fourth-order valence-corrected chi connectivity index (χ4v) is 2.97. The van der Waals surface area contributed by atoms with Gasteiger partial charge in [-0.05, 0) is 43.4 Å². The number of fused-ring (bicyclic) bond motifs is 1. The van der Waals surface area contributed by atoms with Gasteiger partial charge in [0.05, 0.1) is 0 Å². The lowest BCUT2D eigenvalue weighted by molar-refractivity contribution is -0.142. The van der Waals surface area contributed by atoms with Gasteiger partial charge in [-0.1, -0.05) is 6.07 Å². The van der Waals surface area contributed by atoms with Gasteiger partial charge >= 0.3 is 0 Å². The Kier molecular flexibility index (Phi) is 3.22. The van der Waals surface area contributed by atoms with E-state index in [1.54, 1.807) is 0 Å². The minimum absolute atomic E-state index is 0.146. The van der Waals surface area contributed by atoms with Gasteiger partial charge in [-0.15, -0.1) is 0 Å². The van der Waals surface area contributed by atoms with E-state index in [-0.39, 0.29) is 18.8 Å². The molecule has 2 heterocycles. The predicted octanol–water partition coefficient (Wildman–Crippen LogP) is 2.09. The maximum Gasteiger partial charge on any atom is 0.252 e. The molecule has 21 heavy (non-hydrogen) atoms. The molecular formula is C16H19NO4. The van der Waals surface area contributed by atoms with Gasteiger partial charge in [-0.3, -0.25) is 4.79 Å². The Morgan fingerprint density at radius 3 is 2.81 bits per heavy atom. The number of ether oxygens (including phenoxy) is 3. The van der Waals surface area contributed by atoms with E-state index in [1.165, 1.54) is 0 Å². The average molecular weight is 289 g/mol. The van der Waals surface area contributed by atoms with Crippen LogP contribution >= 0.6 is 0 Å². The molecule has 1 aromatic carbocycles. The largest absolute Gasteiger partial charge is 0.454 e. The van der Waals surface area contributed by atoms with E-state index in [0.717, 1.165) is 42.7 Å². The van der Waals surface area contributed by atoms with Crippen LogP contribution in [0.4, 0.5) is 0 Å². The number of amides is 1. The molecule has 112 valence electrons. The van der Waals surface area contributed by atoms with Gasteiger partial charge in [-0.2, -0.15) is 0 Å². The molecule has 2 aliphatic heterocycles. The van der Waals surface area contributed by atoms with Crippen molar-refractivity contribution in [1.82, 2.24) is 4.90 Å². The first-order valence-corrected chi connectivity index (χ1v) is 7.62. The number of carbonyl (C=O) groups is 1. The van der Waals surface area contributed by atoms with Gasteiger partial charge in [0.25, 0.3) is 5.91 Å². The van der Waals surface area contributed by atoms with E-state index in [2.05, 4.69) is 0 Å². The Balaban J connectivity index is 1.50. The van der Waals surface area contributed by atoms with E-state index in [4.69, 9.17) is 14.2 Å². The molecule has 1 aromatic rings. The summed E-state index contributed by atoms with van der Waals surface area (Å²) in [4.78, 5) is 14.6. The monoisotopic (exact) mass is 289 g/mol. The van der Waals surface area contributed by atoms with E-state index < -0.39 is 0 Å². The van der Waals surface area contributed by atoms with Gasteiger partial charge in [0, 0.05) is 19.2 Å². The number of rotatable bonds is 4. The molecule has 2 fully saturated rings. The normalized spacial score (nSPS) is 23.3. The van der Waals surface area contributed by atoms with Gasteiger partial charge in [0.2, 0.25) is 6.79 Å². The molecule has 1 aliphatic carbocycles. The van der Waals surface area contributed by atoms with E-state index in [0.29, 0.717) is 19.2 Å². The smallest absolute Gasteiger partial charge is 0.252 e. The average Bonchev–Trinajstić information content (AvgIpc) is 3.02. The molecule has 5 heteroatoms. The van der Waals surface area contributed by atoms with Crippen molar-refractivity contribution in [1.29, 1.82) is 0 Å². The summed E-state index contributed by atoms with van der Waals surface area (Å²) < 4.78 is 16.3. The number of hydrogen-bond donors (Lipinski definition) is 0. The van der Waals surface area contributed by atoms with Crippen molar-refractivity contribution in [3.05, 3.63) is 23.8 Å². The molecule has 0 N–H and O–H groups in total. The van der Waals surface area contributed by atoms with Crippen LogP contribution in [-0.4, -0.2) is 36.4 Å². The molecule has 0 radical (unpaired) electrons. The van der Waals surface area contributed by atoms with Crippen molar-refractivity contribution in [2.45, 2.75) is 44.4 Å². The van der Waals surface area contributed by atoms with Crippen LogP contribution in [0.2, 0.25) is 0 Å². The van der Waals surface area contributed by atoms with Crippen LogP contribution in [-0.2, 0) is 16.1 Å². The lowest BCUT2D eigenvalue weighted by Crippen LogP contribution is -2.39.